The monoisotopic (exact) mass is 361 g/mol. The van der Waals surface area contributed by atoms with Gasteiger partial charge < -0.3 is 15.2 Å². The molecule has 0 radical (unpaired) electrons. The fraction of sp³-hybridized carbons (Fsp3) is 0.385. The van der Waals surface area contributed by atoms with Crippen LogP contribution in [0.5, 0.6) is 0 Å². The molecule has 110 valence electrons. The third-order valence-corrected chi connectivity index (χ3v) is 4.17. The van der Waals surface area contributed by atoms with Crippen molar-refractivity contribution in [3.05, 3.63) is 28.2 Å². The molecule has 1 aromatic rings. The van der Waals surface area contributed by atoms with Gasteiger partial charge in [0.2, 0.25) is 5.91 Å². The maximum Gasteiger partial charge on any atom is 0.330 e. The summed E-state index contributed by atoms with van der Waals surface area (Å²) in [4.78, 5) is 23.9. The highest BCUT2D eigenvalue weighted by molar-refractivity contribution is 9.10. The van der Waals surface area contributed by atoms with Gasteiger partial charge in [0.25, 0.3) is 0 Å². The number of carbonyl (C=O) groups excluding carboxylic acids is 2. The van der Waals surface area contributed by atoms with Gasteiger partial charge in [-0.1, -0.05) is 15.9 Å². The summed E-state index contributed by atoms with van der Waals surface area (Å²) < 4.78 is 5.45. The molecule has 0 aliphatic rings. The molecule has 7 heteroatoms. The van der Waals surface area contributed by atoms with Gasteiger partial charge in [-0.3, -0.25) is 4.79 Å². The smallest absolute Gasteiger partial charge is 0.330 e. The highest BCUT2D eigenvalue weighted by Gasteiger charge is 2.20. The topological polar surface area (TPSA) is 75.6 Å². The van der Waals surface area contributed by atoms with Crippen molar-refractivity contribution in [1.29, 1.82) is 0 Å². The van der Waals surface area contributed by atoms with E-state index in [9.17, 15) is 9.59 Å². The van der Waals surface area contributed by atoms with Crippen LogP contribution in [0.3, 0.4) is 0 Å². The molecule has 1 amide bonds. The number of benzene rings is 1. The highest BCUT2D eigenvalue weighted by atomic mass is 79.9. The Hall–Kier alpha value is -1.05. The largest absolute Gasteiger partial charge is 0.467 e. The number of hydrogen-bond donors (Lipinski definition) is 2. The number of halogens is 1. The summed E-state index contributed by atoms with van der Waals surface area (Å²) in [5.41, 5.74) is 1.06. The number of thioether (sulfide) groups is 1. The first-order valence-corrected chi connectivity index (χ1v) is 7.62. The molecule has 1 aromatic carbocycles. The maximum absolute atomic E-state index is 11.7. The second-order valence-corrected chi connectivity index (χ2v) is 5.96. The Morgan fingerprint density at radius 3 is 2.75 bits per heavy atom. The first kappa shape index (κ1) is 17.0. The second-order valence-electron chi connectivity index (χ2n) is 4.02. The van der Waals surface area contributed by atoms with Gasteiger partial charge in [-0.15, -0.1) is 11.8 Å². The van der Waals surface area contributed by atoms with Crippen molar-refractivity contribution >= 4 is 39.6 Å². The van der Waals surface area contributed by atoms with Crippen LogP contribution >= 0.6 is 27.7 Å². The number of nitrogens with one attached hydrogen (secondary N) is 1. The SMILES string of the molecule is COC(=O)[C@@H](CO)NC(=O)CSc1ccc(Br)cc1C. The zero-order chi connectivity index (χ0) is 15.1. The molecule has 0 unspecified atom stereocenters. The Morgan fingerprint density at radius 1 is 1.50 bits per heavy atom. The molecule has 0 aliphatic carbocycles. The molecule has 0 bridgehead atoms. The van der Waals surface area contributed by atoms with Gasteiger partial charge in [-0.2, -0.15) is 0 Å². The number of aryl methyl sites for hydroxylation is 1. The van der Waals surface area contributed by atoms with Gasteiger partial charge in [0.15, 0.2) is 6.04 Å². The molecule has 2 N–H and O–H groups in total. The van der Waals surface area contributed by atoms with Crippen molar-refractivity contribution in [3.63, 3.8) is 0 Å². The number of amides is 1. The molecule has 0 spiro atoms. The van der Waals surface area contributed by atoms with Gasteiger partial charge >= 0.3 is 5.97 Å². The van der Waals surface area contributed by atoms with Crippen LogP contribution in [-0.2, 0) is 14.3 Å². The lowest BCUT2D eigenvalue weighted by molar-refractivity contribution is -0.145. The second kappa shape index (κ2) is 8.28. The minimum atomic E-state index is -1.01. The number of methoxy groups -OCH3 is 1. The summed E-state index contributed by atoms with van der Waals surface area (Å²) in [5, 5.41) is 11.4. The van der Waals surface area contributed by atoms with Crippen molar-refractivity contribution in [2.45, 2.75) is 17.9 Å². The van der Waals surface area contributed by atoms with Crippen LogP contribution in [0.2, 0.25) is 0 Å². The molecule has 0 aliphatic heterocycles. The minimum Gasteiger partial charge on any atom is -0.467 e. The summed E-state index contributed by atoms with van der Waals surface area (Å²) >= 11 is 4.74. The first-order chi connectivity index (χ1) is 9.47. The van der Waals surface area contributed by atoms with Crippen LogP contribution < -0.4 is 5.32 Å². The predicted molar refractivity (Wildman–Crippen MR) is 80.6 cm³/mol. The first-order valence-electron chi connectivity index (χ1n) is 5.85. The van der Waals surface area contributed by atoms with Crippen LogP contribution in [0.1, 0.15) is 5.56 Å². The van der Waals surface area contributed by atoms with E-state index < -0.39 is 18.6 Å². The number of esters is 1. The number of rotatable bonds is 6. The molecule has 20 heavy (non-hydrogen) atoms. The zero-order valence-electron chi connectivity index (χ0n) is 11.2. The Kier molecular flexibility index (Phi) is 7.04. The molecular weight excluding hydrogens is 346 g/mol. The zero-order valence-corrected chi connectivity index (χ0v) is 13.6. The number of carbonyl (C=O) groups is 2. The van der Waals surface area contributed by atoms with Crippen LogP contribution in [0.25, 0.3) is 0 Å². The standard InChI is InChI=1S/C13H16BrNO4S/c1-8-5-9(14)3-4-11(8)20-7-12(17)15-10(6-16)13(18)19-2/h3-5,10,16H,6-7H2,1-2H3,(H,15,17)/t10-/m1/s1. The van der Waals surface area contributed by atoms with E-state index in [-0.39, 0.29) is 11.7 Å². The van der Waals surface area contributed by atoms with Crippen LogP contribution in [0, 0.1) is 6.92 Å². The Labute approximate surface area is 130 Å². The van der Waals surface area contributed by atoms with E-state index in [2.05, 4.69) is 26.0 Å². The maximum atomic E-state index is 11.7. The Balaban J connectivity index is 2.52. The molecule has 0 saturated carbocycles. The van der Waals surface area contributed by atoms with E-state index in [0.717, 1.165) is 14.9 Å². The quantitative estimate of drug-likeness (QED) is 0.593. The summed E-state index contributed by atoms with van der Waals surface area (Å²) in [6, 6.07) is 4.77. The molecule has 1 atom stereocenters. The fourth-order valence-corrected chi connectivity index (χ4v) is 2.77. The molecule has 0 heterocycles. The van der Waals surface area contributed by atoms with Crippen molar-refractivity contribution < 1.29 is 19.4 Å². The van der Waals surface area contributed by atoms with Gasteiger partial charge in [-0.05, 0) is 30.7 Å². The van der Waals surface area contributed by atoms with Crippen LogP contribution in [-0.4, -0.2) is 42.5 Å². The Morgan fingerprint density at radius 2 is 2.20 bits per heavy atom. The van der Waals surface area contributed by atoms with Crippen molar-refractivity contribution in [2.75, 3.05) is 19.5 Å². The predicted octanol–water partition coefficient (Wildman–Crippen LogP) is 1.50. The fourth-order valence-electron chi connectivity index (χ4n) is 1.48. The van der Waals surface area contributed by atoms with E-state index in [1.54, 1.807) is 0 Å². The molecule has 0 aromatic heterocycles. The van der Waals surface area contributed by atoms with Gasteiger partial charge in [0, 0.05) is 9.37 Å². The van der Waals surface area contributed by atoms with Crippen LogP contribution in [0.15, 0.2) is 27.6 Å². The van der Waals surface area contributed by atoms with Crippen LogP contribution in [0.4, 0.5) is 0 Å². The normalized spacial score (nSPS) is 11.8. The van der Waals surface area contributed by atoms with Crippen molar-refractivity contribution in [2.24, 2.45) is 0 Å². The number of hydrogen-bond acceptors (Lipinski definition) is 5. The third kappa shape index (κ3) is 5.15. The summed E-state index contributed by atoms with van der Waals surface area (Å²) in [6.45, 7) is 1.47. The lowest BCUT2D eigenvalue weighted by Crippen LogP contribution is -2.44. The Bertz CT molecular complexity index is 495. The lowest BCUT2D eigenvalue weighted by Gasteiger charge is -2.13. The molecule has 0 saturated heterocycles. The third-order valence-electron chi connectivity index (χ3n) is 2.50. The average molecular weight is 362 g/mol. The molecular formula is C13H16BrNO4S. The molecule has 5 nitrogen and oxygen atoms in total. The van der Waals surface area contributed by atoms with E-state index in [1.165, 1.54) is 18.9 Å². The van der Waals surface area contributed by atoms with E-state index in [0.29, 0.717) is 0 Å². The van der Waals surface area contributed by atoms with Gasteiger partial charge in [0.05, 0.1) is 19.5 Å². The minimum absolute atomic E-state index is 0.163. The van der Waals surface area contributed by atoms with Gasteiger partial charge in [0.1, 0.15) is 0 Å². The number of ether oxygens (including phenoxy) is 1. The van der Waals surface area contributed by atoms with Crippen molar-refractivity contribution in [3.8, 4) is 0 Å². The van der Waals surface area contributed by atoms with E-state index >= 15 is 0 Å². The van der Waals surface area contributed by atoms with Crippen molar-refractivity contribution in [1.82, 2.24) is 5.32 Å². The average Bonchev–Trinajstić information content (AvgIpc) is 2.43. The number of aliphatic hydroxyl groups is 1. The van der Waals surface area contributed by atoms with E-state index in [4.69, 9.17) is 5.11 Å². The van der Waals surface area contributed by atoms with E-state index in [1.807, 2.05) is 25.1 Å². The lowest BCUT2D eigenvalue weighted by atomic mass is 10.2. The number of aliphatic hydroxyl groups excluding tert-OH is 1. The summed E-state index contributed by atoms with van der Waals surface area (Å²) in [7, 11) is 1.21. The summed E-state index contributed by atoms with van der Waals surface area (Å²) in [5.74, 6) is -0.830. The highest BCUT2D eigenvalue weighted by Crippen LogP contribution is 2.25. The molecule has 1 rings (SSSR count). The van der Waals surface area contributed by atoms with Gasteiger partial charge in [-0.25, -0.2) is 4.79 Å². The molecule has 0 fully saturated rings. The summed E-state index contributed by atoms with van der Waals surface area (Å²) in [6.07, 6.45) is 0.